The Balaban J connectivity index is 1.60. The van der Waals surface area contributed by atoms with Crippen LogP contribution < -0.4 is 5.69 Å². The molecule has 0 spiro atoms. The van der Waals surface area contributed by atoms with Gasteiger partial charge in [0.05, 0.1) is 0 Å². The molecule has 2 aromatic heterocycles. The van der Waals surface area contributed by atoms with Gasteiger partial charge in [-0.25, -0.2) is 4.79 Å². The average molecular weight is 530 g/mol. The van der Waals surface area contributed by atoms with Crippen molar-refractivity contribution in [2.75, 3.05) is 0 Å². The van der Waals surface area contributed by atoms with Gasteiger partial charge in [0.25, 0.3) is 0 Å². The predicted molar refractivity (Wildman–Crippen MR) is 156 cm³/mol. The second kappa shape index (κ2) is 11.4. The van der Waals surface area contributed by atoms with Crippen molar-refractivity contribution < 1.29 is 0 Å². The fraction of sp³-hybridized carbons (Fsp3) is 0.581. The summed E-state index contributed by atoms with van der Waals surface area (Å²) in [5, 5.41) is 14.6. The van der Waals surface area contributed by atoms with Gasteiger partial charge in [-0.3, -0.25) is 14.1 Å². The summed E-state index contributed by atoms with van der Waals surface area (Å²) in [7, 11) is 0. The van der Waals surface area contributed by atoms with Crippen molar-refractivity contribution in [1.29, 1.82) is 0 Å². The van der Waals surface area contributed by atoms with Gasteiger partial charge in [-0.2, -0.15) is 5.21 Å². The molecule has 1 aliphatic carbocycles. The summed E-state index contributed by atoms with van der Waals surface area (Å²) in [5.74, 6) is 2.70. The Morgan fingerprint density at radius 1 is 1.13 bits per heavy atom. The Kier molecular flexibility index (Phi) is 8.01. The summed E-state index contributed by atoms with van der Waals surface area (Å²) in [6, 6.07) is 8.55. The third-order valence-corrected chi connectivity index (χ3v) is 9.14. The Morgan fingerprint density at radius 3 is 2.51 bits per heavy atom. The minimum atomic E-state index is -0.400. The molecule has 1 saturated carbocycles. The second-order valence-corrected chi connectivity index (χ2v) is 12.2. The number of nitrogens with one attached hydrogen (secondary N) is 1. The third-order valence-electron chi connectivity index (χ3n) is 9.14. The van der Waals surface area contributed by atoms with Crippen LogP contribution in [-0.2, 0) is 18.4 Å². The number of aromatic amines is 1. The van der Waals surface area contributed by atoms with E-state index in [9.17, 15) is 4.79 Å². The molecule has 1 fully saturated rings. The SMILES string of the molecule is CCCCc1cn(C2C(C(C)C)CCC2C(C)C)c(=O)n1CC1(c2cccc(-c3nn[nH]n3)c2)C=CN=CC1. The minimum Gasteiger partial charge on any atom is -0.295 e. The lowest BCUT2D eigenvalue weighted by molar-refractivity contribution is 0.212. The van der Waals surface area contributed by atoms with Gasteiger partial charge in [-0.1, -0.05) is 65.3 Å². The van der Waals surface area contributed by atoms with Crippen molar-refractivity contribution in [3.05, 3.63) is 64.5 Å². The highest BCUT2D eigenvalue weighted by Gasteiger charge is 2.42. The monoisotopic (exact) mass is 529 g/mol. The largest absolute Gasteiger partial charge is 0.328 e. The van der Waals surface area contributed by atoms with Gasteiger partial charge in [-0.05, 0) is 72.6 Å². The van der Waals surface area contributed by atoms with E-state index in [4.69, 9.17) is 0 Å². The summed E-state index contributed by atoms with van der Waals surface area (Å²) in [6.07, 6.45) is 14.4. The maximum atomic E-state index is 14.4. The molecule has 1 aromatic carbocycles. The molecule has 3 unspecified atom stereocenters. The van der Waals surface area contributed by atoms with E-state index in [1.54, 1.807) is 0 Å². The first-order chi connectivity index (χ1) is 18.8. The van der Waals surface area contributed by atoms with Crippen LogP contribution in [0.3, 0.4) is 0 Å². The number of aromatic nitrogens is 6. The van der Waals surface area contributed by atoms with Crippen LogP contribution in [0.4, 0.5) is 0 Å². The summed E-state index contributed by atoms with van der Waals surface area (Å²) < 4.78 is 4.21. The molecule has 0 radical (unpaired) electrons. The zero-order valence-electron chi connectivity index (χ0n) is 24.0. The van der Waals surface area contributed by atoms with E-state index in [0.29, 0.717) is 36.0 Å². The summed E-state index contributed by atoms with van der Waals surface area (Å²) in [6.45, 7) is 12.1. The molecule has 208 valence electrons. The quantitative estimate of drug-likeness (QED) is 0.350. The van der Waals surface area contributed by atoms with Gasteiger partial charge < -0.3 is 0 Å². The summed E-state index contributed by atoms with van der Waals surface area (Å²) in [5.41, 5.74) is 2.90. The highest BCUT2D eigenvalue weighted by Crippen LogP contribution is 2.47. The van der Waals surface area contributed by atoms with Crippen LogP contribution in [0.5, 0.6) is 0 Å². The molecule has 3 heterocycles. The molecule has 3 atom stereocenters. The number of H-pyrrole nitrogens is 1. The highest BCUT2D eigenvalue weighted by molar-refractivity contribution is 5.65. The van der Waals surface area contributed by atoms with Crippen LogP contribution in [0.25, 0.3) is 11.4 Å². The molecule has 1 N–H and O–H groups in total. The molecular weight excluding hydrogens is 486 g/mol. The number of aliphatic imine (C=N–C) groups is 1. The number of nitrogens with zero attached hydrogens (tertiary/aromatic N) is 6. The zero-order valence-corrected chi connectivity index (χ0v) is 24.0. The second-order valence-electron chi connectivity index (χ2n) is 12.2. The van der Waals surface area contributed by atoms with Crippen molar-refractivity contribution >= 4 is 6.21 Å². The van der Waals surface area contributed by atoms with Crippen molar-refractivity contribution in [3.8, 4) is 11.4 Å². The maximum absolute atomic E-state index is 14.4. The Bertz CT molecular complexity index is 1350. The Hall–Kier alpha value is -3.29. The number of hydrogen-bond acceptors (Lipinski definition) is 5. The van der Waals surface area contributed by atoms with Gasteiger partial charge in [-0.15, -0.1) is 10.2 Å². The van der Waals surface area contributed by atoms with Crippen LogP contribution >= 0.6 is 0 Å². The predicted octanol–water partition coefficient (Wildman–Crippen LogP) is 5.98. The van der Waals surface area contributed by atoms with Crippen LogP contribution in [-0.4, -0.2) is 36.0 Å². The number of allylic oxidation sites excluding steroid dienone is 1. The van der Waals surface area contributed by atoms with Gasteiger partial charge >= 0.3 is 5.69 Å². The van der Waals surface area contributed by atoms with Crippen molar-refractivity contribution in [2.45, 2.75) is 91.1 Å². The van der Waals surface area contributed by atoms with E-state index in [2.05, 4.69) is 93.8 Å². The first-order valence-corrected chi connectivity index (χ1v) is 14.7. The van der Waals surface area contributed by atoms with E-state index in [1.165, 1.54) is 12.8 Å². The number of imidazole rings is 1. The lowest BCUT2D eigenvalue weighted by Crippen LogP contribution is -2.39. The van der Waals surface area contributed by atoms with Gasteiger partial charge in [0.1, 0.15) is 0 Å². The Morgan fingerprint density at radius 2 is 1.90 bits per heavy atom. The molecule has 0 amide bonds. The fourth-order valence-electron chi connectivity index (χ4n) is 6.89. The topological polar surface area (TPSA) is 93.8 Å². The number of unbranched alkanes of at least 4 members (excludes halogenated alkanes) is 1. The molecule has 0 bridgehead atoms. The Labute approximate surface area is 231 Å². The smallest absolute Gasteiger partial charge is 0.295 e. The average Bonchev–Trinajstić information content (AvgIpc) is 3.68. The van der Waals surface area contributed by atoms with Crippen molar-refractivity contribution in [3.63, 3.8) is 0 Å². The van der Waals surface area contributed by atoms with E-state index < -0.39 is 5.41 Å². The molecule has 2 aliphatic rings. The zero-order chi connectivity index (χ0) is 27.6. The van der Waals surface area contributed by atoms with Crippen LogP contribution in [0.2, 0.25) is 0 Å². The molecule has 8 nitrogen and oxygen atoms in total. The molecule has 8 heteroatoms. The van der Waals surface area contributed by atoms with E-state index in [-0.39, 0.29) is 11.7 Å². The third kappa shape index (κ3) is 5.30. The standard InChI is InChI=1S/C31H43N7O/c1-6-7-11-25-19-37(28-26(21(2)3)12-13-27(28)22(4)5)30(39)38(25)20-31(14-16-32-17-15-31)24-10-8-9-23(18-24)29-33-35-36-34-29/h8-10,14,16-19,21-22,26-28H,6-7,11-13,15,20H2,1-5H3,(H,33,34,35,36). The molecule has 0 saturated heterocycles. The van der Waals surface area contributed by atoms with Crippen LogP contribution in [0.15, 0.2) is 52.5 Å². The lowest BCUT2D eigenvalue weighted by atomic mass is 9.76. The lowest BCUT2D eigenvalue weighted by Gasteiger charge is -2.33. The van der Waals surface area contributed by atoms with Gasteiger partial charge in [0, 0.05) is 47.9 Å². The van der Waals surface area contributed by atoms with Crippen molar-refractivity contribution in [2.24, 2.45) is 28.7 Å². The number of tetrazole rings is 1. The van der Waals surface area contributed by atoms with Crippen molar-refractivity contribution in [1.82, 2.24) is 29.8 Å². The molecule has 39 heavy (non-hydrogen) atoms. The fourth-order valence-corrected chi connectivity index (χ4v) is 6.89. The first kappa shape index (κ1) is 27.3. The van der Waals surface area contributed by atoms with E-state index >= 15 is 0 Å². The normalized spacial score (nSPS) is 24.8. The summed E-state index contributed by atoms with van der Waals surface area (Å²) >= 11 is 0. The number of hydrogen-bond donors (Lipinski definition) is 1. The molecular formula is C31H43N7O. The minimum absolute atomic E-state index is 0.133. The van der Waals surface area contributed by atoms with Gasteiger partial charge in [0.2, 0.25) is 5.82 Å². The molecule has 3 aromatic rings. The summed E-state index contributed by atoms with van der Waals surface area (Å²) in [4.78, 5) is 18.8. The first-order valence-electron chi connectivity index (χ1n) is 14.7. The number of benzene rings is 1. The van der Waals surface area contributed by atoms with E-state index in [0.717, 1.165) is 42.5 Å². The van der Waals surface area contributed by atoms with Gasteiger partial charge in [0.15, 0.2) is 0 Å². The van der Waals surface area contributed by atoms with Crippen LogP contribution in [0, 0.1) is 23.7 Å². The molecule has 5 rings (SSSR count). The number of rotatable bonds is 10. The van der Waals surface area contributed by atoms with E-state index in [1.807, 2.05) is 24.5 Å². The highest BCUT2D eigenvalue weighted by atomic mass is 16.1. The number of aryl methyl sites for hydroxylation is 1. The maximum Gasteiger partial charge on any atom is 0.328 e. The molecule has 1 aliphatic heterocycles. The van der Waals surface area contributed by atoms with Crippen LogP contribution in [0.1, 0.15) is 84.0 Å².